The van der Waals surface area contributed by atoms with Crippen LogP contribution in [0, 0.1) is 13.8 Å². The lowest BCUT2D eigenvalue weighted by molar-refractivity contribution is 0.0923. The van der Waals surface area contributed by atoms with Gasteiger partial charge in [-0.15, -0.1) is 0 Å². The Morgan fingerprint density at radius 2 is 1.71 bits per heavy atom. The van der Waals surface area contributed by atoms with Gasteiger partial charge in [0, 0.05) is 27.7 Å². The van der Waals surface area contributed by atoms with Gasteiger partial charge in [0.15, 0.2) is 5.76 Å². The number of amides is 1. The summed E-state index contributed by atoms with van der Waals surface area (Å²) in [6.07, 6.45) is 1.54. The van der Waals surface area contributed by atoms with E-state index < -0.39 is 5.91 Å². The minimum Gasteiger partial charge on any atom is -0.488 e. The Labute approximate surface area is 251 Å². The second-order valence-electron chi connectivity index (χ2n) is 9.27. The van der Waals surface area contributed by atoms with E-state index in [2.05, 4.69) is 57.0 Å². The van der Waals surface area contributed by atoms with Crippen molar-refractivity contribution in [3.05, 3.63) is 135 Å². The highest BCUT2D eigenvalue weighted by Crippen LogP contribution is 2.27. The summed E-state index contributed by atoms with van der Waals surface area (Å²) < 4.78 is 20.3. The van der Waals surface area contributed by atoms with Gasteiger partial charge in [-0.3, -0.25) is 4.79 Å². The first-order valence-corrected chi connectivity index (χ1v) is 14.0. The van der Waals surface area contributed by atoms with E-state index >= 15 is 0 Å². The molecule has 0 fully saturated rings. The molecular weight excluding hydrogens is 606 g/mol. The lowest BCUT2D eigenvalue weighted by Crippen LogP contribution is -2.16. The molecule has 2 heterocycles. The van der Waals surface area contributed by atoms with Crippen LogP contribution in [0.25, 0.3) is 5.69 Å². The standard InChI is InChI=1S/C32H27BrClN3O4/c1-21-7-8-22(2)37(21)25-10-12-26(13-11-25)39-20-27-14-16-31(41-27)32(38)36-35-18-23-9-15-30(28(33)17-23)40-19-24-5-3-4-6-29(24)34/h3-18H,19-20H2,1-2H3,(H,36,38)/b35-18+. The van der Waals surface area contributed by atoms with Crippen LogP contribution < -0.4 is 14.9 Å². The zero-order valence-electron chi connectivity index (χ0n) is 22.4. The number of nitrogens with one attached hydrogen (secondary N) is 1. The van der Waals surface area contributed by atoms with Gasteiger partial charge < -0.3 is 18.5 Å². The van der Waals surface area contributed by atoms with Crippen LogP contribution in [-0.2, 0) is 13.2 Å². The fourth-order valence-corrected chi connectivity index (χ4v) is 4.91. The topological polar surface area (TPSA) is 78.0 Å². The van der Waals surface area contributed by atoms with Gasteiger partial charge in [-0.1, -0.05) is 29.8 Å². The van der Waals surface area contributed by atoms with E-state index in [0.29, 0.717) is 28.9 Å². The van der Waals surface area contributed by atoms with Crippen LogP contribution >= 0.6 is 27.5 Å². The largest absolute Gasteiger partial charge is 0.488 e. The molecule has 5 aromatic rings. The van der Waals surface area contributed by atoms with Crippen LogP contribution in [0.1, 0.15) is 38.8 Å². The molecule has 1 N–H and O–H groups in total. The molecule has 0 spiro atoms. The molecule has 0 aliphatic heterocycles. The highest BCUT2D eigenvalue weighted by molar-refractivity contribution is 9.10. The van der Waals surface area contributed by atoms with Crippen LogP contribution in [0.3, 0.4) is 0 Å². The number of hydrogen-bond acceptors (Lipinski definition) is 5. The molecule has 208 valence electrons. The third-order valence-corrected chi connectivity index (χ3v) is 7.30. The number of carbonyl (C=O) groups excluding carboxylic acids is 1. The third-order valence-electron chi connectivity index (χ3n) is 6.31. The van der Waals surface area contributed by atoms with E-state index in [1.165, 1.54) is 17.6 Å². The van der Waals surface area contributed by atoms with Crippen molar-refractivity contribution in [2.75, 3.05) is 0 Å². The molecule has 1 amide bonds. The van der Waals surface area contributed by atoms with E-state index in [0.717, 1.165) is 21.3 Å². The van der Waals surface area contributed by atoms with Crippen molar-refractivity contribution in [3.8, 4) is 17.2 Å². The number of benzene rings is 3. The molecule has 3 aromatic carbocycles. The summed E-state index contributed by atoms with van der Waals surface area (Å²) in [5.41, 5.74) is 7.56. The monoisotopic (exact) mass is 631 g/mol. The second-order valence-corrected chi connectivity index (χ2v) is 10.5. The van der Waals surface area contributed by atoms with Crippen molar-refractivity contribution in [1.29, 1.82) is 0 Å². The number of halogens is 2. The number of hydrogen-bond donors (Lipinski definition) is 1. The molecule has 0 bridgehead atoms. The summed E-state index contributed by atoms with van der Waals surface area (Å²) in [6, 6.07) is 28.3. The van der Waals surface area contributed by atoms with Gasteiger partial charge in [0.25, 0.3) is 0 Å². The lowest BCUT2D eigenvalue weighted by Gasteiger charge is -2.10. The fraction of sp³-hybridized carbons (Fsp3) is 0.125. The van der Waals surface area contributed by atoms with Crippen LogP contribution in [0.5, 0.6) is 11.5 Å². The van der Waals surface area contributed by atoms with Crippen molar-refractivity contribution in [3.63, 3.8) is 0 Å². The van der Waals surface area contributed by atoms with Gasteiger partial charge in [0.05, 0.1) is 10.7 Å². The number of rotatable bonds is 10. The Balaban J connectivity index is 1.11. The summed E-state index contributed by atoms with van der Waals surface area (Å²) in [6.45, 7) is 4.68. The summed E-state index contributed by atoms with van der Waals surface area (Å²) in [5.74, 6) is 1.57. The van der Waals surface area contributed by atoms with Gasteiger partial charge in [-0.2, -0.15) is 5.10 Å². The first-order valence-electron chi connectivity index (χ1n) is 12.8. The van der Waals surface area contributed by atoms with Gasteiger partial charge in [-0.25, -0.2) is 5.43 Å². The van der Waals surface area contributed by atoms with Crippen molar-refractivity contribution >= 4 is 39.7 Å². The maximum atomic E-state index is 12.5. The van der Waals surface area contributed by atoms with Crippen LogP contribution in [0.2, 0.25) is 5.02 Å². The van der Waals surface area contributed by atoms with E-state index in [1.807, 2.05) is 66.7 Å². The lowest BCUT2D eigenvalue weighted by atomic mass is 10.2. The SMILES string of the molecule is Cc1ccc(C)n1-c1ccc(OCc2ccc(C(=O)N/N=C/c3ccc(OCc4ccccc4Cl)c(Br)c3)o2)cc1. The van der Waals surface area contributed by atoms with Crippen molar-refractivity contribution in [2.24, 2.45) is 5.10 Å². The zero-order chi connectivity index (χ0) is 28.8. The number of aromatic nitrogens is 1. The molecule has 7 nitrogen and oxygen atoms in total. The quantitative estimate of drug-likeness (QED) is 0.125. The van der Waals surface area contributed by atoms with Crippen LogP contribution in [0.15, 0.2) is 105 Å². The smallest absolute Gasteiger partial charge is 0.307 e. The summed E-state index contributed by atoms with van der Waals surface area (Å²) >= 11 is 9.71. The average molecular weight is 633 g/mol. The first-order chi connectivity index (χ1) is 19.9. The predicted octanol–water partition coefficient (Wildman–Crippen LogP) is 8.02. The molecule has 0 aliphatic carbocycles. The van der Waals surface area contributed by atoms with Crippen LogP contribution in [-0.4, -0.2) is 16.7 Å². The van der Waals surface area contributed by atoms with E-state index in [9.17, 15) is 4.79 Å². The molecule has 0 aliphatic rings. The third kappa shape index (κ3) is 7.09. The van der Waals surface area contributed by atoms with E-state index in [4.69, 9.17) is 25.5 Å². The Kier molecular flexibility index (Phi) is 8.91. The Bertz CT molecular complexity index is 1670. The molecule has 2 aromatic heterocycles. The first kappa shape index (κ1) is 28.3. The van der Waals surface area contributed by atoms with Crippen molar-refractivity contribution in [2.45, 2.75) is 27.1 Å². The highest BCUT2D eigenvalue weighted by Gasteiger charge is 2.12. The summed E-state index contributed by atoms with van der Waals surface area (Å²) in [7, 11) is 0. The molecule has 41 heavy (non-hydrogen) atoms. The minimum atomic E-state index is -0.465. The summed E-state index contributed by atoms with van der Waals surface area (Å²) in [5, 5.41) is 4.70. The highest BCUT2D eigenvalue weighted by atomic mass is 79.9. The van der Waals surface area contributed by atoms with Gasteiger partial charge >= 0.3 is 5.91 Å². The normalized spacial score (nSPS) is 11.1. The minimum absolute atomic E-state index is 0.138. The van der Waals surface area contributed by atoms with Gasteiger partial charge in [0.1, 0.15) is 30.5 Å². The maximum Gasteiger partial charge on any atom is 0.307 e. The Hall–Kier alpha value is -4.27. The number of furan rings is 1. The number of nitrogens with zero attached hydrogens (tertiary/aromatic N) is 2. The Morgan fingerprint density at radius 3 is 2.44 bits per heavy atom. The van der Waals surface area contributed by atoms with Gasteiger partial charge in [-0.05, 0) is 108 Å². The predicted molar refractivity (Wildman–Crippen MR) is 163 cm³/mol. The number of carbonyl (C=O) groups is 1. The van der Waals surface area contributed by atoms with Crippen LogP contribution in [0.4, 0.5) is 0 Å². The Morgan fingerprint density at radius 1 is 0.951 bits per heavy atom. The van der Waals surface area contributed by atoms with E-state index in [1.54, 1.807) is 12.1 Å². The molecule has 0 saturated carbocycles. The van der Waals surface area contributed by atoms with E-state index in [-0.39, 0.29) is 12.4 Å². The van der Waals surface area contributed by atoms with Crippen molar-refractivity contribution < 1.29 is 18.7 Å². The maximum absolute atomic E-state index is 12.5. The molecule has 5 rings (SSSR count). The zero-order valence-corrected chi connectivity index (χ0v) is 24.8. The molecule has 0 atom stereocenters. The summed E-state index contributed by atoms with van der Waals surface area (Å²) in [4.78, 5) is 12.5. The van der Waals surface area contributed by atoms with Gasteiger partial charge in [0.2, 0.25) is 0 Å². The fourth-order valence-electron chi connectivity index (χ4n) is 4.21. The number of hydrazone groups is 1. The molecule has 0 radical (unpaired) electrons. The second kappa shape index (κ2) is 12.9. The average Bonchev–Trinajstić information content (AvgIpc) is 3.58. The molecule has 9 heteroatoms. The molecule has 0 unspecified atom stereocenters. The molecule has 0 saturated heterocycles. The molecular formula is C32H27BrClN3O4. The number of ether oxygens (including phenoxy) is 2. The van der Waals surface area contributed by atoms with Crippen molar-refractivity contribution in [1.82, 2.24) is 9.99 Å². The number of aryl methyl sites for hydroxylation is 2.